The minimum atomic E-state index is 0.708. The third-order valence-corrected chi connectivity index (χ3v) is 5.13. The van der Waals surface area contributed by atoms with Crippen molar-refractivity contribution in [2.45, 2.75) is 39.2 Å². The molecule has 0 aliphatic carbocycles. The van der Waals surface area contributed by atoms with Crippen LogP contribution in [0.4, 0.5) is 5.82 Å². The zero-order chi connectivity index (χ0) is 16.9. The Balaban J connectivity index is 1.53. The molecular formula is C18H28N6. The van der Waals surface area contributed by atoms with E-state index in [-0.39, 0.29) is 0 Å². The highest BCUT2D eigenvalue weighted by Crippen LogP contribution is 2.22. The molecule has 6 heteroatoms. The lowest BCUT2D eigenvalue weighted by Crippen LogP contribution is -2.24. The molecule has 24 heavy (non-hydrogen) atoms. The molecule has 0 spiro atoms. The van der Waals surface area contributed by atoms with Gasteiger partial charge in [-0.15, -0.1) is 0 Å². The Labute approximate surface area is 144 Å². The minimum Gasteiger partial charge on any atom is -0.372 e. The molecule has 0 amide bonds. The van der Waals surface area contributed by atoms with Crippen LogP contribution in [0.5, 0.6) is 0 Å². The first-order valence-electron chi connectivity index (χ1n) is 8.84. The number of anilines is 1. The van der Waals surface area contributed by atoms with Crippen molar-refractivity contribution in [3.8, 4) is 0 Å². The number of nitrogens with zero attached hydrogens (tertiary/aromatic N) is 5. The highest BCUT2D eigenvalue weighted by Gasteiger charge is 2.19. The van der Waals surface area contributed by atoms with Gasteiger partial charge in [0.25, 0.3) is 0 Å². The van der Waals surface area contributed by atoms with Gasteiger partial charge in [0.1, 0.15) is 5.82 Å². The number of hydrogen-bond donors (Lipinski definition) is 1. The Hall–Kier alpha value is -1.95. The van der Waals surface area contributed by atoms with Crippen LogP contribution in [-0.4, -0.2) is 44.8 Å². The fourth-order valence-electron chi connectivity index (χ4n) is 3.41. The van der Waals surface area contributed by atoms with E-state index in [4.69, 9.17) is 0 Å². The number of likely N-dealkylation sites (tertiary alicyclic amines) is 1. The highest BCUT2D eigenvalue weighted by atomic mass is 15.3. The smallest absolute Gasteiger partial charge is 0.144 e. The van der Waals surface area contributed by atoms with Crippen molar-refractivity contribution in [1.82, 2.24) is 24.6 Å². The van der Waals surface area contributed by atoms with Gasteiger partial charge < -0.3 is 5.32 Å². The first-order valence-corrected chi connectivity index (χ1v) is 8.84. The summed E-state index contributed by atoms with van der Waals surface area (Å²) >= 11 is 0. The van der Waals surface area contributed by atoms with E-state index >= 15 is 0 Å². The number of hydrogen-bond acceptors (Lipinski definition) is 5. The molecule has 0 radical (unpaired) electrons. The number of rotatable bonds is 5. The second kappa shape index (κ2) is 7.75. The van der Waals surface area contributed by atoms with E-state index in [0.29, 0.717) is 5.92 Å². The molecule has 1 atom stereocenters. The zero-order valence-corrected chi connectivity index (χ0v) is 15.0. The molecule has 0 bridgehead atoms. The Kier molecular flexibility index (Phi) is 5.45. The van der Waals surface area contributed by atoms with Gasteiger partial charge in [-0.25, -0.2) is 4.98 Å². The maximum absolute atomic E-state index is 4.53. The molecule has 1 unspecified atom stereocenters. The SMILES string of the molecule is CNc1cnc(CC2CCCN(Cc3cnn(C)c3C)CC2)cn1. The van der Waals surface area contributed by atoms with Crippen molar-refractivity contribution in [1.29, 1.82) is 0 Å². The fraction of sp³-hybridized carbons (Fsp3) is 0.611. The van der Waals surface area contributed by atoms with Gasteiger partial charge in [0, 0.05) is 31.9 Å². The first kappa shape index (κ1) is 16.9. The molecule has 2 aromatic heterocycles. The van der Waals surface area contributed by atoms with Gasteiger partial charge in [0.2, 0.25) is 0 Å². The van der Waals surface area contributed by atoms with E-state index < -0.39 is 0 Å². The second-order valence-electron chi connectivity index (χ2n) is 6.80. The third-order valence-electron chi connectivity index (χ3n) is 5.13. The normalized spacial score (nSPS) is 19.2. The van der Waals surface area contributed by atoms with Crippen molar-refractivity contribution in [2.24, 2.45) is 13.0 Å². The molecule has 3 rings (SSSR count). The molecule has 0 aromatic carbocycles. The Morgan fingerprint density at radius 3 is 2.71 bits per heavy atom. The van der Waals surface area contributed by atoms with Crippen LogP contribution in [0.25, 0.3) is 0 Å². The fourth-order valence-corrected chi connectivity index (χ4v) is 3.41. The summed E-state index contributed by atoms with van der Waals surface area (Å²) in [5.41, 5.74) is 3.73. The van der Waals surface area contributed by atoms with Gasteiger partial charge in [-0.3, -0.25) is 14.6 Å². The molecule has 6 nitrogen and oxygen atoms in total. The predicted molar refractivity (Wildman–Crippen MR) is 95.8 cm³/mol. The van der Waals surface area contributed by atoms with Crippen molar-refractivity contribution in [3.05, 3.63) is 35.5 Å². The van der Waals surface area contributed by atoms with Crippen LogP contribution in [0.2, 0.25) is 0 Å². The summed E-state index contributed by atoms with van der Waals surface area (Å²) < 4.78 is 1.96. The summed E-state index contributed by atoms with van der Waals surface area (Å²) in [6.07, 6.45) is 10.5. The largest absolute Gasteiger partial charge is 0.372 e. The summed E-state index contributed by atoms with van der Waals surface area (Å²) in [4.78, 5) is 11.5. The standard InChI is InChI=1S/C18H28N6/c1-14-16(10-22-23(14)3)13-24-7-4-5-15(6-8-24)9-17-11-21-18(19-2)12-20-17/h10-12,15H,4-9,13H2,1-3H3,(H,19,21). The maximum Gasteiger partial charge on any atom is 0.144 e. The van der Waals surface area contributed by atoms with E-state index in [9.17, 15) is 0 Å². The van der Waals surface area contributed by atoms with E-state index in [1.165, 1.54) is 37.1 Å². The van der Waals surface area contributed by atoms with Gasteiger partial charge in [-0.05, 0) is 51.6 Å². The van der Waals surface area contributed by atoms with Crippen LogP contribution in [0.1, 0.15) is 36.2 Å². The van der Waals surface area contributed by atoms with Gasteiger partial charge >= 0.3 is 0 Å². The van der Waals surface area contributed by atoms with Gasteiger partial charge in [0.05, 0.1) is 24.3 Å². The summed E-state index contributed by atoms with van der Waals surface area (Å²) in [5.74, 6) is 1.54. The minimum absolute atomic E-state index is 0.708. The average Bonchev–Trinajstić information content (AvgIpc) is 2.78. The van der Waals surface area contributed by atoms with E-state index in [2.05, 4.69) is 32.2 Å². The summed E-state index contributed by atoms with van der Waals surface area (Å²) in [7, 11) is 3.88. The number of aromatic nitrogens is 4. The number of aryl methyl sites for hydroxylation is 1. The molecular weight excluding hydrogens is 300 g/mol. The topological polar surface area (TPSA) is 58.9 Å². The van der Waals surface area contributed by atoms with E-state index in [1.54, 1.807) is 0 Å². The third kappa shape index (κ3) is 4.12. The monoisotopic (exact) mass is 328 g/mol. The molecule has 1 fully saturated rings. The molecule has 3 heterocycles. The zero-order valence-electron chi connectivity index (χ0n) is 15.0. The van der Waals surface area contributed by atoms with Crippen LogP contribution in [0.3, 0.4) is 0 Å². The average molecular weight is 328 g/mol. The molecule has 1 aliphatic heterocycles. The summed E-state index contributed by atoms with van der Waals surface area (Å²) in [6.45, 7) is 5.50. The lowest BCUT2D eigenvalue weighted by atomic mass is 9.95. The van der Waals surface area contributed by atoms with Crippen molar-refractivity contribution >= 4 is 5.82 Å². The second-order valence-corrected chi connectivity index (χ2v) is 6.80. The molecule has 1 N–H and O–H groups in total. The van der Waals surface area contributed by atoms with Crippen LogP contribution in [-0.2, 0) is 20.0 Å². The van der Waals surface area contributed by atoms with Crippen LogP contribution in [0.15, 0.2) is 18.6 Å². The Morgan fingerprint density at radius 1 is 1.17 bits per heavy atom. The predicted octanol–water partition coefficient (Wildman–Crippen LogP) is 2.41. The van der Waals surface area contributed by atoms with Crippen molar-refractivity contribution < 1.29 is 0 Å². The maximum atomic E-state index is 4.53. The molecule has 1 aliphatic rings. The molecule has 0 saturated carbocycles. The molecule has 130 valence electrons. The Bertz CT molecular complexity index is 648. The molecule has 1 saturated heterocycles. The van der Waals surface area contributed by atoms with Crippen molar-refractivity contribution in [3.63, 3.8) is 0 Å². The van der Waals surface area contributed by atoms with Gasteiger partial charge in [0.15, 0.2) is 0 Å². The summed E-state index contributed by atoms with van der Waals surface area (Å²) in [5, 5.41) is 7.38. The van der Waals surface area contributed by atoms with E-state index in [1.807, 2.05) is 37.4 Å². The van der Waals surface area contributed by atoms with Crippen LogP contribution >= 0.6 is 0 Å². The first-order chi connectivity index (χ1) is 11.7. The van der Waals surface area contributed by atoms with E-state index in [0.717, 1.165) is 31.0 Å². The lowest BCUT2D eigenvalue weighted by Gasteiger charge is -2.20. The lowest BCUT2D eigenvalue weighted by molar-refractivity contribution is 0.271. The highest BCUT2D eigenvalue weighted by molar-refractivity contribution is 5.29. The van der Waals surface area contributed by atoms with Crippen LogP contribution < -0.4 is 5.32 Å². The van der Waals surface area contributed by atoms with Gasteiger partial charge in [-0.1, -0.05) is 0 Å². The number of nitrogens with one attached hydrogen (secondary N) is 1. The van der Waals surface area contributed by atoms with Crippen molar-refractivity contribution in [2.75, 3.05) is 25.5 Å². The Morgan fingerprint density at radius 2 is 2.04 bits per heavy atom. The van der Waals surface area contributed by atoms with Crippen LogP contribution in [0, 0.1) is 12.8 Å². The molecule has 2 aromatic rings. The van der Waals surface area contributed by atoms with Gasteiger partial charge in [-0.2, -0.15) is 5.10 Å². The summed E-state index contributed by atoms with van der Waals surface area (Å²) in [6, 6.07) is 0. The quantitative estimate of drug-likeness (QED) is 0.913.